The van der Waals surface area contributed by atoms with Crippen molar-refractivity contribution in [1.82, 2.24) is 15.1 Å². The van der Waals surface area contributed by atoms with Gasteiger partial charge in [0, 0.05) is 163 Å². The third-order valence-electron chi connectivity index (χ3n) is 29.0. The van der Waals surface area contributed by atoms with Gasteiger partial charge in [-0.15, -0.1) is 8.73 Å². The van der Waals surface area contributed by atoms with Gasteiger partial charge in [0.05, 0.1) is 71.5 Å². The zero-order chi connectivity index (χ0) is 110. The van der Waals surface area contributed by atoms with E-state index in [-0.39, 0.29) is 50.4 Å². The van der Waals surface area contributed by atoms with E-state index in [2.05, 4.69) is 76.2 Å². The number of aryl methyl sites for hydroxylation is 6. The molecule has 6 saturated heterocycles. The standard InChI is InChI=1S/C40H49F2N5O4S.C35H41F2N5O2S.C23H25FN2O2.C17H26FN3O3S/c1-25-21-26(2)36(28(4)31(25)22-29-15-17-45(18-16-29)34-14-13-30(41)23-33(34)43-8)38(48)47-20-19-46(24-27(47)3)35-12-10-11-32(42)37(35)52(9,50)44-39(49)51-40(5,6)7;1-22-18-23(2)33(25(4)28(22)19-26-12-14-40(15-13-26)31-11-10-27(36)20-30(31)39-5)35(43)42-17-16-41(21-24(42)3)32-9-7-8-29(37)34(32)45(6,38)44;1-14-11-15(2)22(23(27)28)16(3)19(14)12-17-7-9-26(10-8-17)21-6-5-18(24)13-20(21)25-4;1-12-11-21(10-9-19-12)14-8-6-7-13(18)15(14)25(5,23)20-16(22)24-17(2,3)4/h10-14,21,23,27,29H,15-20,22,24H2,1-7,9H3;7-11,18,20,24,26,38H,12-17,19,21H2,1-4,6H3;5-6,11,13,17H,7-10,12H2,1-3H3,(H,27,28);6-8,12,19H,9-11H2,1-5H3/t27-,52-;24-,45-;;12-,25-/m00.0/s1. The van der Waals surface area contributed by atoms with Crippen LogP contribution in [0, 0.1) is 139 Å². The molecule has 0 aromatic heterocycles. The van der Waals surface area contributed by atoms with Crippen LogP contribution >= 0.6 is 0 Å². The fourth-order valence-corrected chi connectivity index (χ4v) is 25.8. The Morgan fingerprint density at radius 1 is 0.407 bits per heavy atom. The number of benzene rings is 9. The molecule has 6 aliphatic rings. The van der Waals surface area contributed by atoms with E-state index in [9.17, 15) is 63.7 Å². The lowest BCUT2D eigenvalue weighted by Gasteiger charge is -2.42. The van der Waals surface area contributed by atoms with Crippen LogP contribution in [0.4, 0.5) is 87.1 Å². The van der Waals surface area contributed by atoms with Gasteiger partial charge >= 0.3 is 18.2 Å². The number of carboxylic acid groups (broad SMARTS) is 1. The van der Waals surface area contributed by atoms with Crippen LogP contribution in [0.1, 0.15) is 199 Å². The third-order valence-corrected chi connectivity index (χ3v) is 33.5. The molecule has 802 valence electrons. The SMILES string of the molecule is C[C@H]1CN(c2cccc(F)c2[S@](C)(=O)=NC(=O)OC(C)(C)C)CCN1.[C-]#[N+]c1cc(F)ccc1N1CCC(Cc2c(C)cc(C)c(C(=O)N3CCN(c4cccc(F)c4[S@@](C)(=N)=O)C[C@@H]3C)c2C)CC1.[C-]#[N+]c1cc(F)ccc1N1CCC(Cc2c(C)cc(C)c(C(=O)N3CCN(c4cccc(F)c4[S@](C)(=O)=NC(=O)OC(C)(C)C)C[C@@H]3C)c2C)CC1.[C-]#[N+]c1cc(F)ccc1N1CCC(Cc2c(C)cc(C)c(C(=O)O)c2C)CC1. The summed E-state index contributed by atoms with van der Waals surface area (Å²) in [6, 6.07) is 32.6. The van der Waals surface area contributed by atoms with Crippen LogP contribution in [0.25, 0.3) is 14.5 Å². The lowest BCUT2D eigenvalue weighted by molar-refractivity contribution is 0.0595. The summed E-state index contributed by atoms with van der Waals surface area (Å²) in [5, 5.41) is 12.8. The highest BCUT2D eigenvalue weighted by Gasteiger charge is 2.39. The van der Waals surface area contributed by atoms with E-state index in [1.807, 2.05) is 92.9 Å². The second-order valence-electron chi connectivity index (χ2n) is 42.7. The largest absolute Gasteiger partial charge is 0.478 e. The van der Waals surface area contributed by atoms with Crippen molar-refractivity contribution in [1.29, 1.82) is 4.78 Å². The highest BCUT2D eigenvalue weighted by molar-refractivity contribution is 7.93. The van der Waals surface area contributed by atoms with Crippen LogP contribution in [-0.4, -0.2) is 204 Å². The topological polar surface area (TPSA) is 275 Å². The number of aromatic carboxylic acids is 1. The maximum atomic E-state index is 15.4. The normalized spacial score (nSPS) is 18.1. The molecular formula is C115H141F6N15O11S3. The molecule has 6 fully saturated rings. The molecule has 0 radical (unpaired) electrons. The number of hydrogen-bond donors (Lipinski definition) is 3. The van der Waals surface area contributed by atoms with Crippen LogP contribution in [0.2, 0.25) is 0 Å². The van der Waals surface area contributed by atoms with Crippen molar-refractivity contribution in [2.45, 2.75) is 226 Å². The van der Waals surface area contributed by atoms with Crippen LogP contribution in [-0.2, 0) is 57.9 Å². The molecule has 6 atom stereocenters. The first-order chi connectivity index (χ1) is 70.5. The number of halogens is 6. The number of nitrogens with one attached hydrogen (secondary N) is 2. The molecule has 0 aliphatic carbocycles. The summed E-state index contributed by atoms with van der Waals surface area (Å²) in [7, 11) is -10.1. The number of anilines is 6. The summed E-state index contributed by atoms with van der Waals surface area (Å²) >= 11 is 0. The first kappa shape index (κ1) is 116. The average molecular weight is 2120 g/mol. The molecule has 26 nitrogen and oxygen atoms in total. The lowest BCUT2D eigenvalue weighted by atomic mass is 9.83. The van der Waals surface area contributed by atoms with Gasteiger partial charge in [0.15, 0.2) is 0 Å². The van der Waals surface area contributed by atoms with Gasteiger partial charge in [-0.2, -0.15) is 0 Å². The Morgan fingerprint density at radius 3 is 1.00 bits per heavy atom. The second-order valence-corrected chi connectivity index (χ2v) is 49.1. The number of amides is 4. The van der Waals surface area contributed by atoms with E-state index in [1.165, 1.54) is 96.1 Å². The van der Waals surface area contributed by atoms with E-state index in [0.717, 1.165) is 176 Å². The Hall–Kier alpha value is -13.0. The van der Waals surface area contributed by atoms with Gasteiger partial charge in [0.25, 0.3) is 11.8 Å². The van der Waals surface area contributed by atoms with Crippen molar-refractivity contribution in [2.75, 3.05) is 146 Å². The Bertz CT molecular complexity index is 7150. The van der Waals surface area contributed by atoms with Crippen molar-refractivity contribution in [2.24, 2.45) is 26.5 Å². The molecule has 6 heterocycles. The van der Waals surface area contributed by atoms with Gasteiger partial charge in [-0.25, -0.2) is 72.7 Å². The predicted molar refractivity (Wildman–Crippen MR) is 584 cm³/mol. The molecule has 3 N–H and O–H groups in total. The molecule has 150 heavy (non-hydrogen) atoms. The van der Waals surface area contributed by atoms with Crippen LogP contribution in [0.15, 0.2) is 151 Å². The van der Waals surface area contributed by atoms with Crippen molar-refractivity contribution >= 4 is 110 Å². The zero-order valence-electron chi connectivity index (χ0n) is 89.9. The Morgan fingerprint density at radius 2 is 0.707 bits per heavy atom. The van der Waals surface area contributed by atoms with E-state index in [4.69, 9.17) is 34.0 Å². The van der Waals surface area contributed by atoms with E-state index in [0.29, 0.717) is 115 Å². The zero-order valence-corrected chi connectivity index (χ0v) is 92.3. The van der Waals surface area contributed by atoms with Crippen LogP contribution in [0.3, 0.4) is 0 Å². The van der Waals surface area contributed by atoms with Crippen LogP contribution < -0.4 is 34.7 Å². The monoisotopic (exact) mass is 2120 g/mol. The van der Waals surface area contributed by atoms with Crippen molar-refractivity contribution in [3.8, 4) is 0 Å². The Kier molecular flexibility index (Phi) is 37.4. The molecule has 0 spiro atoms. The quantitative estimate of drug-likeness (QED) is 0.0532. The minimum absolute atomic E-state index is 0.0181. The van der Waals surface area contributed by atoms with Crippen molar-refractivity contribution in [3.05, 3.63) is 280 Å². The Labute approximate surface area is 881 Å². The smallest absolute Gasteiger partial charge is 0.442 e. The summed E-state index contributed by atoms with van der Waals surface area (Å²) in [5.41, 5.74) is 17.5. The lowest BCUT2D eigenvalue weighted by Crippen LogP contribution is -2.54. The van der Waals surface area contributed by atoms with Crippen LogP contribution in [0.5, 0.6) is 0 Å². The Balaban J connectivity index is 0.000000185. The molecule has 0 bridgehead atoms. The fourth-order valence-electron chi connectivity index (χ4n) is 21.9. The molecule has 9 aromatic carbocycles. The van der Waals surface area contributed by atoms with Gasteiger partial charge < -0.3 is 59.1 Å². The van der Waals surface area contributed by atoms with Gasteiger partial charge in [-0.3, -0.25) is 9.59 Å². The number of hydrogen-bond acceptors (Lipinski definition) is 18. The highest BCUT2D eigenvalue weighted by atomic mass is 32.2. The number of piperidine rings is 3. The van der Waals surface area contributed by atoms with E-state index >= 15 is 4.39 Å². The first-order valence-corrected chi connectivity index (χ1v) is 56.7. The summed E-state index contributed by atoms with van der Waals surface area (Å²) in [4.78, 5) is 90.8. The van der Waals surface area contributed by atoms with Gasteiger partial charge in [0.2, 0.25) is 17.1 Å². The molecule has 15 rings (SSSR count). The maximum Gasteiger partial charge on any atom is 0.442 e. The molecule has 4 amide bonds. The predicted octanol–water partition coefficient (Wildman–Crippen LogP) is 24.4. The summed E-state index contributed by atoms with van der Waals surface area (Å²) < 4.78 is 151. The van der Waals surface area contributed by atoms with Gasteiger partial charge in [0.1, 0.15) is 60.8 Å². The van der Waals surface area contributed by atoms with Crippen molar-refractivity contribution < 1.29 is 77.5 Å². The fraction of sp³-hybridized carbons (Fsp3) is 0.461. The average Bonchev–Trinajstić information content (AvgIpc) is 0.765. The third kappa shape index (κ3) is 28.0. The number of carboxylic acids is 1. The molecule has 6 aliphatic heterocycles. The van der Waals surface area contributed by atoms with E-state index < -0.39 is 87.6 Å². The summed E-state index contributed by atoms with van der Waals surface area (Å²) in [5.74, 6) is -2.85. The minimum Gasteiger partial charge on any atom is -0.478 e. The molecular weight excluding hydrogens is 1980 g/mol. The maximum absolute atomic E-state index is 15.4. The number of rotatable bonds is 18. The number of carbonyl (C=O) groups is 5. The second kappa shape index (κ2) is 48.5. The number of carbonyl (C=O) groups excluding carboxylic acids is 4. The van der Waals surface area contributed by atoms with E-state index in [1.54, 1.807) is 90.1 Å². The minimum atomic E-state index is -3.51. The number of piperazine rings is 3. The molecule has 9 aromatic rings. The highest BCUT2D eigenvalue weighted by Crippen LogP contribution is 2.43. The van der Waals surface area contributed by atoms with Gasteiger partial charge in [-0.05, 0) is 358 Å². The number of nitrogens with zero attached hydrogens (tertiary/aromatic N) is 13. The molecule has 0 unspecified atom stereocenters. The molecule has 35 heteroatoms. The summed E-state index contributed by atoms with van der Waals surface area (Å²) in [6.07, 6.45) is 9.97. The number of ether oxygens (including phenoxy) is 2. The molecule has 0 saturated carbocycles. The van der Waals surface area contributed by atoms with Gasteiger partial charge in [-0.1, -0.05) is 36.4 Å². The first-order valence-electron chi connectivity index (χ1n) is 50.9. The summed E-state index contributed by atoms with van der Waals surface area (Å²) in [6.45, 7) is 65.5. The van der Waals surface area contributed by atoms with Crippen molar-refractivity contribution in [3.63, 3.8) is 0 Å².